The van der Waals surface area contributed by atoms with Gasteiger partial charge in [-0.15, -0.1) is 12.3 Å². The van der Waals surface area contributed by atoms with E-state index < -0.39 is 17.3 Å². The second kappa shape index (κ2) is 9.55. The number of hydrogen-bond donors (Lipinski definition) is 0. The number of hydrogen-bond acceptors (Lipinski definition) is 5. The van der Waals surface area contributed by atoms with Gasteiger partial charge in [0, 0.05) is 55.2 Å². The summed E-state index contributed by atoms with van der Waals surface area (Å²) in [5, 5.41) is 0. The Morgan fingerprint density at radius 1 is 1.09 bits per heavy atom. The molecule has 1 aromatic carbocycles. The van der Waals surface area contributed by atoms with Gasteiger partial charge in [0.2, 0.25) is 11.5 Å². The van der Waals surface area contributed by atoms with Gasteiger partial charge in [0.1, 0.15) is 24.5 Å². The average molecular weight is 433 g/mol. The normalized spacial score (nSPS) is 12.8. The van der Waals surface area contributed by atoms with E-state index in [0.29, 0.717) is 16.8 Å². The number of alkyl halides is 1. The fourth-order valence-electron chi connectivity index (χ4n) is 3.12. The number of terminal acetylenes is 1. The summed E-state index contributed by atoms with van der Waals surface area (Å²) in [5.74, 6) is 5.92. The van der Waals surface area contributed by atoms with Crippen LogP contribution in [0.5, 0.6) is 5.75 Å². The Kier molecular flexibility index (Phi) is 6.82. The standard InChI is InChI=1S/C25H21F2N3O2/c1-5-11-25(31-12-6-2,19-15-28-17-29-16-19)23-10-7-18(14-30-23)21-9-8-20(13-22(21)26)32-24(3,4)27/h2,7-10,13-17H,12H2,1,3-4H3. The van der Waals surface area contributed by atoms with E-state index in [1.807, 2.05) is 0 Å². The van der Waals surface area contributed by atoms with E-state index in [-0.39, 0.29) is 17.9 Å². The first-order valence-electron chi connectivity index (χ1n) is 9.70. The summed E-state index contributed by atoms with van der Waals surface area (Å²) in [5.41, 5.74) is 0.514. The number of aromatic nitrogens is 3. The van der Waals surface area contributed by atoms with E-state index in [9.17, 15) is 8.78 Å². The summed E-state index contributed by atoms with van der Waals surface area (Å²) in [6, 6.07) is 7.51. The van der Waals surface area contributed by atoms with Gasteiger partial charge in [-0.2, -0.15) is 4.39 Å². The van der Waals surface area contributed by atoms with Crippen LogP contribution in [0.1, 0.15) is 32.0 Å². The first kappa shape index (κ1) is 22.9. The molecule has 7 heteroatoms. The fourth-order valence-corrected chi connectivity index (χ4v) is 3.12. The molecule has 0 bridgehead atoms. The molecule has 0 aliphatic heterocycles. The van der Waals surface area contributed by atoms with Crippen LogP contribution in [0, 0.1) is 30.0 Å². The summed E-state index contributed by atoms with van der Waals surface area (Å²) in [4.78, 5) is 12.6. The molecule has 2 aromatic heterocycles. The predicted octanol–water partition coefficient (Wildman–Crippen LogP) is 4.68. The maximum absolute atomic E-state index is 14.7. The molecule has 2 heterocycles. The molecule has 0 aliphatic rings. The molecular formula is C25H21F2N3O2. The van der Waals surface area contributed by atoms with Crippen LogP contribution in [-0.4, -0.2) is 27.4 Å². The minimum atomic E-state index is -1.92. The minimum Gasteiger partial charge on any atom is -0.458 e. The number of ether oxygens (including phenoxy) is 2. The Bertz CT molecular complexity index is 1170. The number of benzene rings is 1. The highest BCUT2D eigenvalue weighted by atomic mass is 19.2. The van der Waals surface area contributed by atoms with E-state index >= 15 is 0 Å². The van der Waals surface area contributed by atoms with Crippen molar-refractivity contribution in [2.75, 3.05) is 6.61 Å². The Hall–Kier alpha value is -3.81. The van der Waals surface area contributed by atoms with Crippen LogP contribution >= 0.6 is 0 Å². The largest absolute Gasteiger partial charge is 0.458 e. The molecule has 0 saturated carbocycles. The molecule has 162 valence electrons. The summed E-state index contributed by atoms with van der Waals surface area (Å²) in [6.45, 7) is 4.14. The molecule has 0 fully saturated rings. The SMILES string of the molecule is C#CCOC(C#CC)(c1cncnc1)c1ccc(-c2ccc(OC(C)(C)F)cc2F)cn1. The first-order valence-corrected chi connectivity index (χ1v) is 9.70. The predicted molar refractivity (Wildman–Crippen MR) is 116 cm³/mol. The van der Waals surface area contributed by atoms with Crippen molar-refractivity contribution in [3.8, 4) is 41.1 Å². The second-order valence-electron chi connectivity index (χ2n) is 7.22. The van der Waals surface area contributed by atoms with Crippen molar-refractivity contribution < 1.29 is 18.3 Å². The monoisotopic (exact) mass is 433 g/mol. The molecule has 0 saturated heterocycles. The highest BCUT2D eigenvalue weighted by molar-refractivity contribution is 5.64. The van der Waals surface area contributed by atoms with Crippen LogP contribution in [0.15, 0.2) is 55.2 Å². The highest BCUT2D eigenvalue weighted by Gasteiger charge is 2.36. The lowest BCUT2D eigenvalue weighted by Gasteiger charge is -2.27. The van der Waals surface area contributed by atoms with Crippen molar-refractivity contribution >= 4 is 0 Å². The van der Waals surface area contributed by atoms with Gasteiger partial charge >= 0.3 is 0 Å². The Morgan fingerprint density at radius 3 is 2.41 bits per heavy atom. The van der Waals surface area contributed by atoms with Gasteiger partial charge in [-0.05, 0) is 25.1 Å². The second-order valence-corrected chi connectivity index (χ2v) is 7.22. The topological polar surface area (TPSA) is 57.1 Å². The molecular weight excluding hydrogens is 412 g/mol. The van der Waals surface area contributed by atoms with Gasteiger partial charge in [-0.25, -0.2) is 14.4 Å². The maximum atomic E-state index is 14.7. The third kappa shape index (κ3) is 5.08. The van der Waals surface area contributed by atoms with Gasteiger partial charge in [0.15, 0.2) is 0 Å². The van der Waals surface area contributed by atoms with Crippen molar-refractivity contribution in [3.63, 3.8) is 0 Å². The zero-order valence-electron chi connectivity index (χ0n) is 17.9. The van der Waals surface area contributed by atoms with Crippen LogP contribution < -0.4 is 4.74 Å². The molecule has 1 unspecified atom stereocenters. The summed E-state index contributed by atoms with van der Waals surface area (Å²) >= 11 is 0. The molecule has 0 N–H and O–H groups in total. The molecule has 0 amide bonds. The van der Waals surface area contributed by atoms with Crippen LogP contribution in [-0.2, 0) is 10.3 Å². The van der Waals surface area contributed by atoms with Crippen molar-refractivity contribution in [2.45, 2.75) is 32.2 Å². The lowest BCUT2D eigenvalue weighted by atomic mass is 9.91. The van der Waals surface area contributed by atoms with Gasteiger partial charge in [0.05, 0.1) is 5.69 Å². The average Bonchev–Trinajstić information content (AvgIpc) is 2.76. The Morgan fingerprint density at radius 2 is 1.84 bits per heavy atom. The van der Waals surface area contributed by atoms with E-state index in [1.54, 1.807) is 31.5 Å². The molecule has 0 aliphatic carbocycles. The number of halogens is 2. The summed E-state index contributed by atoms with van der Waals surface area (Å²) in [7, 11) is 0. The van der Waals surface area contributed by atoms with E-state index in [0.717, 1.165) is 6.07 Å². The van der Waals surface area contributed by atoms with Gasteiger partial charge in [-0.1, -0.05) is 17.9 Å². The van der Waals surface area contributed by atoms with Gasteiger partial charge in [-0.3, -0.25) is 4.98 Å². The quantitative estimate of drug-likeness (QED) is 0.507. The van der Waals surface area contributed by atoms with Crippen molar-refractivity contribution in [1.29, 1.82) is 0 Å². The zero-order chi connectivity index (χ0) is 23.2. The molecule has 3 aromatic rings. The van der Waals surface area contributed by atoms with E-state index in [1.165, 1.54) is 38.5 Å². The lowest BCUT2D eigenvalue weighted by molar-refractivity contribution is -0.0258. The van der Waals surface area contributed by atoms with Crippen molar-refractivity contribution in [3.05, 3.63) is 72.3 Å². The van der Waals surface area contributed by atoms with Crippen LogP contribution in [0.25, 0.3) is 11.1 Å². The zero-order valence-corrected chi connectivity index (χ0v) is 17.9. The Balaban J connectivity index is 2.01. The number of nitrogens with zero attached hydrogens (tertiary/aromatic N) is 3. The van der Waals surface area contributed by atoms with Crippen molar-refractivity contribution in [1.82, 2.24) is 15.0 Å². The van der Waals surface area contributed by atoms with Gasteiger partial charge < -0.3 is 9.47 Å². The number of rotatable bonds is 7. The molecule has 0 radical (unpaired) electrons. The lowest BCUT2D eigenvalue weighted by Crippen LogP contribution is -2.31. The number of pyridine rings is 1. The minimum absolute atomic E-state index is 0.0198. The first-order chi connectivity index (χ1) is 15.3. The molecule has 32 heavy (non-hydrogen) atoms. The van der Waals surface area contributed by atoms with Crippen LogP contribution in [0.3, 0.4) is 0 Å². The van der Waals surface area contributed by atoms with E-state index in [2.05, 4.69) is 32.7 Å². The van der Waals surface area contributed by atoms with Crippen LogP contribution in [0.2, 0.25) is 0 Å². The third-order valence-electron chi connectivity index (χ3n) is 4.38. The van der Waals surface area contributed by atoms with E-state index in [4.69, 9.17) is 15.9 Å². The van der Waals surface area contributed by atoms with Crippen LogP contribution in [0.4, 0.5) is 8.78 Å². The summed E-state index contributed by atoms with van der Waals surface area (Å²) < 4.78 is 39.4. The third-order valence-corrected chi connectivity index (χ3v) is 4.38. The maximum Gasteiger partial charge on any atom is 0.242 e. The fraction of sp³-hybridized carbons (Fsp3) is 0.240. The molecule has 3 rings (SSSR count). The molecule has 1 atom stereocenters. The van der Waals surface area contributed by atoms with Crippen molar-refractivity contribution in [2.24, 2.45) is 0 Å². The Labute approximate surface area is 185 Å². The smallest absolute Gasteiger partial charge is 0.242 e. The summed E-state index contributed by atoms with van der Waals surface area (Å²) in [6.07, 6.45) is 11.5. The highest BCUT2D eigenvalue weighted by Crippen LogP contribution is 2.33. The van der Waals surface area contributed by atoms with Gasteiger partial charge in [0.25, 0.3) is 0 Å². The molecule has 0 spiro atoms. The molecule has 5 nitrogen and oxygen atoms in total.